The minimum absolute atomic E-state index is 0.0215. The predicted molar refractivity (Wildman–Crippen MR) is 377 cm³/mol. The van der Waals surface area contributed by atoms with Crippen LogP contribution in [0.3, 0.4) is 0 Å². The Labute approximate surface area is 586 Å². The number of rotatable bonds is 20. The molecule has 0 radical (unpaired) electrons. The SMILES string of the molecule is CC=CCC(C)C(OC(C)=O)C1C(=O)NC(CC)C(=O)N(C)C(C)C(=O)N(C)C(C(C)CN2CCN(CCOC)CC2)C(=O)NC(C(C)C)C(=O)N(C)C(CC(C)C)C(=O)NC(C)C(=O)NC(C)C(=O)N(C)C(CC(C)C)C(=O)N(C)C(CC(C)C)C(=O)N(C)C(C(C)C)C(=O)N1C. The van der Waals surface area contributed by atoms with E-state index < -0.39 is 167 Å². The molecule has 98 heavy (non-hydrogen) atoms. The molecule has 14 unspecified atom stereocenters. The second-order valence-corrected chi connectivity index (χ2v) is 29.5. The van der Waals surface area contributed by atoms with Crippen LogP contribution in [-0.4, -0.2) is 290 Å². The maximum atomic E-state index is 15.6. The molecule has 560 valence electrons. The van der Waals surface area contributed by atoms with Gasteiger partial charge in [0.25, 0.3) is 0 Å². The van der Waals surface area contributed by atoms with Gasteiger partial charge in [-0.15, -0.1) is 0 Å². The van der Waals surface area contributed by atoms with Crippen LogP contribution >= 0.6 is 0 Å². The third kappa shape index (κ3) is 24.3. The molecule has 27 nitrogen and oxygen atoms in total. The first kappa shape index (κ1) is 87.3. The van der Waals surface area contributed by atoms with Crippen LogP contribution in [0.1, 0.15) is 157 Å². The Bertz CT molecular complexity index is 2720. The fourth-order valence-corrected chi connectivity index (χ4v) is 13.1. The van der Waals surface area contributed by atoms with Crippen LogP contribution in [0.2, 0.25) is 0 Å². The topological polar surface area (TPSA) is 301 Å². The van der Waals surface area contributed by atoms with Gasteiger partial charge in [0.1, 0.15) is 72.6 Å². The summed E-state index contributed by atoms with van der Waals surface area (Å²) in [4.78, 5) is 191. The fourth-order valence-electron chi connectivity index (χ4n) is 13.1. The molecule has 2 aliphatic rings. The van der Waals surface area contributed by atoms with Crippen molar-refractivity contribution < 1.29 is 67.0 Å². The summed E-state index contributed by atoms with van der Waals surface area (Å²) in [6.45, 7) is 35.2. The van der Waals surface area contributed by atoms with Gasteiger partial charge in [0.2, 0.25) is 65.0 Å². The number of hydrogen-bond acceptors (Lipinski definition) is 16. The molecule has 2 aliphatic heterocycles. The number of nitrogens with one attached hydrogen (secondary N) is 4. The van der Waals surface area contributed by atoms with Crippen molar-refractivity contribution in [1.82, 2.24) is 65.4 Å². The Morgan fingerprint density at radius 3 is 1.44 bits per heavy atom. The number of hydrogen-bond donors (Lipinski definition) is 4. The number of carbonyl (C=O) groups is 12. The summed E-state index contributed by atoms with van der Waals surface area (Å²) >= 11 is 0. The van der Waals surface area contributed by atoms with Crippen LogP contribution in [0.15, 0.2) is 12.2 Å². The summed E-state index contributed by atoms with van der Waals surface area (Å²) in [5.41, 5.74) is 0. The van der Waals surface area contributed by atoms with E-state index in [1.807, 2.05) is 54.5 Å². The molecule has 2 fully saturated rings. The van der Waals surface area contributed by atoms with Gasteiger partial charge >= 0.3 is 5.97 Å². The van der Waals surface area contributed by atoms with E-state index in [1.165, 1.54) is 106 Å². The minimum Gasteiger partial charge on any atom is -0.459 e. The van der Waals surface area contributed by atoms with E-state index in [-0.39, 0.29) is 49.9 Å². The summed E-state index contributed by atoms with van der Waals surface area (Å²) in [5, 5.41) is 11.2. The molecule has 2 heterocycles. The van der Waals surface area contributed by atoms with E-state index in [1.54, 1.807) is 61.7 Å². The molecule has 0 saturated carbocycles. The van der Waals surface area contributed by atoms with Crippen LogP contribution in [0, 0.1) is 41.4 Å². The predicted octanol–water partition coefficient (Wildman–Crippen LogP) is 3.08. The van der Waals surface area contributed by atoms with Gasteiger partial charge in [0.15, 0.2) is 0 Å². The maximum absolute atomic E-state index is 15.6. The first-order valence-corrected chi connectivity index (χ1v) is 35.3. The molecular weight excluding hydrogens is 1260 g/mol. The van der Waals surface area contributed by atoms with Gasteiger partial charge < -0.3 is 69.9 Å². The number of amides is 11. The number of ether oxygens (including phenoxy) is 2. The van der Waals surface area contributed by atoms with Gasteiger partial charge in [0, 0.05) is 103 Å². The lowest BCUT2D eigenvalue weighted by atomic mass is 9.91. The lowest BCUT2D eigenvalue weighted by Crippen LogP contribution is -2.64. The summed E-state index contributed by atoms with van der Waals surface area (Å²) in [6.07, 6.45) is 2.94. The lowest BCUT2D eigenvalue weighted by Gasteiger charge is -2.42. The average molecular weight is 1390 g/mol. The van der Waals surface area contributed by atoms with E-state index in [4.69, 9.17) is 9.47 Å². The molecule has 0 aliphatic carbocycles. The Morgan fingerprint density at radius 2 is 0.959 bits per heavy atom. The summed E-state index contributed by atoms with van der Waals surface area (Å²) < 4.78 is 11.3. The second-order valence-electron chi connectivity index (χ2n) is 29.5. The van der Waals surface area contributed by atoms with Crippen molar-refractivity contribution in [3.63, 3.8) is 0 Å². The Morgan fingerprint density at radius 1 is 0.500 bits per heavy atom. The number of methoxy groups -OCH3 is 1. The molecule has 11 amide bonds. The summed E-state index contributed by atoms with van der Waals surface area (Å²) in [5.74, 6) is -11.3. The minimum atomic E-state index is -1.63. The molecular formula is C71H127N13O14. The number of carbonyl (C=O) groups excluding carboxylic acids is 12. The van der Waals surface area contributed by atoms with Crippen LogP contribution < -0.4 is 21.3 Å². The molecule has 27 heteroatoms. The monoisotopic (exact) mass is 1390 g/mol. The van der Waals surface area contributed by atoms with E-state index in [0.717, 1.165) is 24.5 Å². The zero-order chi connectivity index (χ0) is 75.2. The summed E-state index contributed by atoms with van der Waals surface area (Å²) in [7, 11) is 11.7. The first-order chi connectivity index (χ1) is 45.5. The van der Waals surface area contributed by atoms with Crippen molar-refractivity contribution in [2.45, 2.75) is 229 Å². The lowest BCUT2D eigenvalue weighted by molar-refractivity contribution is -0.164. The zero-order valence-electron chi connectivity index (χ0n) is 64.4. The van der Waals surface area contributed by atoms with E-state index in [2.05, 4.69) is 31.1 Å². The molecule has 0 bridgehead atoms. The molecule has 4 N–H and O–H groups in total. The van der Waals surface area contributed by atoms with Crippen molar-refractivity contribution in [2.24, 2.45) is 41.4 Å². The number of piperazine rings is 1. The average Bonchev–Trinajstić information content (AvgIpc) is 0.800. The Balaban J connectivity index is 3.12. The normalized spacial score (nSPS) is 27.2. The van der Waals surface area contributed by atoms with Crippen LogP contribution in [-0.2, 0) is 67.0 Å². The molecule has 0 aromatic heterocycles. The van der Waals surface area contributed by atoms with Crippen LogP contribution in [0.4, 0.5) is 0 Å². The quantitative estimate of drug-likeness (QED) is 0.101. The van der Waals surface area contributed by atoms with Gasteiger partial charge in [-0.25, -0.2) is 0 Å². The van der Waals surface area contributed by atoms with E-state index in [9.17, 15) is 19.2 Å². The molecule has 0 aromatic rings. The van der Waals surface area contributed by atoms with Gasteiger partial charge in [-0.2, -0.15) is 0 Å². The third-order valence-electron chi connectivity index (χ3n) is 19.2. The van der Waals surface area contributed by atoms with Crippen molar-refractivity contribution in [3.05, 3.63) is 12.2 Å². The highest BCUT2D eigenvalue weighted by molar-refractivity contribution is 6.00. The zero-order valence-corrected chi connectivity index (χ0v) is 64.4. The number of likely N-dealkylation sites (N-methyl/N-ethyl adjacent to an activating group) is 7. The standard InChI is InChI=1S/C71H127N13O14/c1-27-29-30-46(13)60(98-51(18)85)59-64(89)74-52(28-2)67(92)76(19)50(17)66(91)81(24)58(47(14)40-84-33-31-83(32-34-84)35-36-97-26)63(88)75-56(44(9)10)70(95)77(20)53(37-41(3)4)62(87)72-48(15)61(86)73-49(16)65(90)78(21)54(38-42(5)6)68(93)79(22)55(39-43(7)8)69(94)80(23)57(45(11)12)71(96)82(59)25/h27,29,41-50,52-60H,28,30-40H2,1-26H3,(H,72,87)(H,73,86)(H,74,89)(H,75,88). The van der Waals surface area contributed by atoms with Crippen molar-refractivity contribution >= 4 is 70.9 Å². The molecule has 0 aromatic carbocycles. The first-order valence-electron chi connectivity index (χ1n) is 35.3. The van der Waals surface area contributed by atoms with E-state index >= 15 is 38.4 Å². The Kier molecular flexibility index (Phi) is 36.1. The number of allylic oxidation sites excluding steroid dienone is 2. The largest absolute Gasteiger partial charge is 0.459 e. The highest BCUT2D eigenvalue weighted by atomic mass is 16.5. The smallest absolute Gasteiger partial charge is 0.303 e. The maximum Gasteiger partial charge on any atom is 0.303 e. The van der Waals surface area contributed by atoms with Gasteiger partial charge in [-0.1, -0.05) is 102 Å². The van der Waals surface area contributed by atoms with E-state index in [0.29, 0.717) is 26.2 Å². The number of nitrogens with zero attached hydrogens (tertiary/aromatic N) is 9. The molecule has 2 rings (SSSR count). The van der Waals surface area contributed by atoms with Crippen molar-refractivity contribution in [1.29, 1.82) is 0 Å². The van der Waals surface area contributed by atoms with Gasteiger partial charge in [0.05, 0.1) is 6.61 Å². The highest BCUT2D eigenvalue weighted by Gasteiger charge is 2.48. The molecule has 2 saturated heterocycles. The van der Waals surface area contributed by atoms with Crippen LogP contribution in [0.25, 0.3) is 0 Å². The fraction of sp³-hybridized carbons (Fsp3) is 0.803. The van der Waals surface area contributed by atoms with Gasteiger partial charge in [-0.3, -0.25) is 62.4 Å². The highest BCUT2D eigenvalue weighted by Crippen LogP contribution is 2.28. The van der Waals surface area contributed by atoms with Crippen molar-refractivity contribution in [2.75, 3.05) is 102 Å². The Hall–Kier alpha value is -6.74. The summed E-state index contributed by atoms with van der Waals surface area (Å²) in [6, 6.07) is -14.1. The molecule has 0 spiro atoms. The molecule has 14 atom stereocenters. The van der Waals surface area contributed by atoms with Gasteiger partial charge in [-0.05, 0) is 101 Å². The number of esters is 1. The third-order valence-corrected chi connectivity index (χ3v) is 19.2. The van der Waals surface area contributed by atoms with Crippen molar-refractivity contribution in [3.8, 4) is 0 Å². The second kappa shape index (κ2) is 40.5. The van der Waals surface area contributed by atoms with Crippen LogP contribution in [0.5, 0.6) is 0 Å².